The van der Waals surface area contributed by atoms with Crippen molar-refractivity contribution in [3.8, 4) is 0 Å². The second-order valence-corrected chi connectivity index (χ2v) is 3.27. The summed E-state index contributed by atoms with van der Waals surface area (Å²) < 4.78 is 0. The first-order chi connectivity index (χ1) is 5.65. The average molecular weight is 168 g/mol. The highest BCUT2D eigenvalue weighted by molar-refractivity contribution is 5.93. The molecule has 0 bridgehead atoms. The zero-order chi connectivity index (χ0) is 9.14. The molecule has 1 aliphatic rings. The number of rotatable bonds is 2. The van der Waals surface area contributed by atoms with Crippen LogP contribution in [0.1, 0.15) is 20.3 Å². The maximum absolute atomic E-state index is 11.5. The Morgan fingerprint density at radius 1 is 1.67 bits per heavy atom. The Labute approximate surface area is 73.2 Å². The van der Waals surface area contributed by atoms with E-state index in [4.69, 9.17) is 5.73 Å². The first-order valence-electron chi connectivity index (χ1n) is 4.36. The van der Waals surface area contributed by atoms with Crippen molar-refractivity contribution >= 4 is 5.91 Å². The van der Waals surface area contributed by atoms with Gasteiger partial charge < -0.3 is 10.6 Å². The Balaban J connectivity index is 2.43. The number of allylic oxidation sites excluding steroid dienone is 1. The van der Waals surface area contributed by atoms with E-state index in [-0.39, 0.29) is 11.9 Å². The smallest absolute Gasteiger partial charge is 0.249 e. The third kappa shape index (κ3) is 1.85. The van der Waals surface area contributed by atoms with Gasteiger partial charge in [-0.05, 0) is 13.3 Å². The number of nitrogens with zero attached hydrogens (tertiary/aromatic N) is 1. The number of carbonyl (C=O) groups excluding carboxylic acids is 1. The molecule has 2 N–H and O–H groups in total. The van der Waals surface area contributed by atoms with Gasteiger partial charge in [0.2, 0.25) is 5.91 Å². The second-order valence-electron chi connectivity index (χ2n) is 3.27. The van der Waals surface area contributed by atoms with Crippen LogP contribution in [0, 0.1) is 0 Å². The van der Waals surface area contributed by atoms with Crippen LogP contribution in [0.25, 0.3) is 0 Å². The molecule has 1 amide bonds. The summed E-state index contributed by atoms with van der Waals surface area (Å²) in [5.41, 5.74) is 6.40. The van der Waals surface area contributed by atoms with E-state index in [0.29, 0.717) is 13.1 Å². The van der Waals surface area contributed by atoms with Crippen molar-refractivity contribution in [1.29, 1.82) is 0 Å². The van der Waals surface area contributed by atoms with Gasteiger partial charge in [-0.15, -0.1) is 0 Å². The van der Waals surface area contributed by atoms with Crippen molar-refractivity contribution in [3.05, 3.63) is 11.6 Å². The largest absolute Gasteiger partial charge is 0.336 e. The fraction of sp³-hybridized carbons (Fsp3) is 0.667. The van der Waals surface area contributed by atoms with Crippen molar-refractivity contribution < 1.29 is 4.79 Å². The molecule has 0 unspecified atom stereocenters. The van der Waals surface area contributed by atoms with Gasteiger partial charge in [-0.1, -0.05) is 13.0 Å². The fourth-order valence-electron chi connectivity index (χ4n) is 1.32. The van der Waals surface area contributed by atoms with Gasteiger partial charge in [0, 0.05) is 24.7 Å². The van der Waals surface area contributed by atoms with Crippen molar-refractivity contribution in [2.45, 2.75) is 26.3 Å². The molecule has 0 radical (unpaired) electrons. The molecule has 1 saturated heterocycles. The van der Waals surface area contributed by atoms with Crippen LogP contribution in [-0.4, -0.2) is 29.9 Å². The lowest BCUT2D eigenvalue weighted by Gasteiger charge is -2.37. The monoisotopic (exact) mass is 168 g/mol. The molecule has 1 aliphatic heterocycles. The molecule has 3 heteroatoms. The van der Waals surface area contributed by atoms with Crippen LogP contribution in [0.15, 0.2) is 11.6 Å². The molecule has 0 aliphatic carbocycles. The predicted molar refractivity (Wildman–Crippen MR) is 48.6 cm³/mol. The molecular formula is C9H16N2O. The van der Waals surface area contributed by atoms with E-state index >= 15 is 0 Å². The minimum Gasteiger partial charge on any atom is -0.336 e. The van der Waals surface area contributed by atoms with Crippen LogP contribution in [0.3, 0.4) is 0 Å². The SMILES string of the molecule is CC/C=C(/C)C(=O)N1CC(N)C1. The van der Waals surface area contributed by atoms with Gasteiger partial charge in [-0.25, -0.2) is 0 Å². The molecule has 0 spiro atoms. The minimum atomic E-state index is 0.138. The molecule has 1 fully saturated rings. The molecule has 0 aromatic carbocycles. The highest BCUT2D eigenvalue weighted by Gasteiger charge is 2.27. The van der Waals surface area contributed by atoms with E-state index in [1.54, 1.807) is 4.90 Å². The van der Waals surface area contributed by atoms with Gasteiger partial charge in [0.15, 0.2) is 0 Å². The number of amides is 1. The van der Waals surface area contributed by atoms with Crippen molar-refractivity contribution in [1.82, 2.24) is 4.90 Å². The maximum atomic E-state index is 11.5. The average Bonchev–Trinajstić information content (AvgIpc) is 1.98. The fourth-order valence-corrected chi connectivity index (χ4v) is 1.32. The summed E-state index contributed by atoms with van der Waals surface area (Å²) in [6, 6.07) is 0.198. The second kappa shape index (κ2) is 3.72. The Hall–Kier alpha value is -0.830. The third-order valence-corrected chi connectivity index (χ3v) is 2.04. The van der Waals surface area contributed by atoms with Crippen LogP contribution >= 0.6 is 0 Å². The van der Waals surface area contributed by atoms with Crippen molar-refractivity contribution in [2.24, 2.45) is 5.73 Å². The Morgan fingerprint density at radius 2 is 2.25 bits per heavy atom. The summed E-state index contributed by atoms with van der Waals surface area (Å²) in [4.78, 5) is 13.2. The summed E-state index contributed by atoms with van der Waals surface area (Å²) in [6.07, 6.45) is 2.86. The van der Waals surface area contributed by atoms with Gasteiger partial charge in [-0.2, -0.15) is 0 Å². The lowest BCUT2D eigenvalue weighted by atomic mass is 10.1. The summed E-state index contributed by atoms with van der Waals surface area (Å²) in [6.45, 7) is 5.32. The zero-order valence-corrected chi connectivity index (χ0v) is 7.71. The van der Waals surface area contributed by atoms with E-state index < -0.39 is 0 Å². The number of carbonyl (C=O) groups is 1. The van der Waals surface area contributed by atoms with Gasteiger partial charge in [0.05, 0.1) is 0 Å². The molecule has 0 saturated carbocycles. The summed E-state index contributed by atoms with van der Waals surface area (Å²) in [5.74, 6) is 0.138. The van der Waals surface area contributed by atoms with Crippen LogP contribution < -0.4 is 5.73 Å². The normalized spacial score (nSPS) is 19.2. The van der Waals surface area contributed by atoms with Crippen LogP contribution in [-0.2, 0) is 4.79 Å². The molecule has 12 heavy (non-hydrogen) atoms. The van der Waals surface area contributed by atoms with Gasteiger partial charge in [0.1, 0.15) is 0 Å². The van der Waals surface area contributed by atoms with Gasteiger partial charge in [0.25, 0.3) is 0 Å². The molecule has 0 aromatic heterocycles. The van der Waals surface area contributed by atoms with E-state index in [2.05, 4.69) is 0 Å². The summed E-state index contributed by atoms with van der Waals surface area (Å²) >= 11 is 0. The topological polar surface area (TPSA) is 46.3 Å². The van der Waals surface area contributed by atoms with Gasteiger partial charge >= 0.3 is 0 Å². The first kappa shape index (κ1) is 9.26. The molecule has 0 atom stereocenters. The number of hydrogen-bond acceptors (Lipinski definition) is 2. The standard InChI is InChI=1S/C9H16N2O/c1-3-4-7(2)9(12)11-5-8(10)6-11/h4,8H,3,5-6,10H2,1-2H3/b7-4-. The number of likely N-dealkylation sites (tertiary alicyclic amines) is 1. The summed E-state index contributed by atoms with van der Waals surface area (Å²) in [7, 11) is 0. The number of nitrogens with two attached hydrogens (primary N) is 1. The Bertz CT molecular complexity index is 205. The molecule has 3 nitrogen and oxygen atoms in total. The lowest BCUT2D eigenvalue weighted by molar-refractivity contribution is -0.131. The molecule has 1 heterocycles. The third-order valence-electron chi connectivity index (χ3n) is 2.04. The van der Waals surface area contributed by atoms with E-state index in [0.717, 1.165) is 12.0 Å². The Kier molecular flexibility index (Phi) is 2.87. The van der Waals surface area contributed by atoms with Crippen molar-refractivity contribution in [3.63, 3.8) is 0 Å². The molecule has 1 rings (SSSR count). The van der Waals surface area contributed by atoms with Crippen LogP contribution in [0.5, 0.6) is 0 Å². The minimum absolute atomic E-state index is 0.138. The quantitative estimate of drug-likeness (QED) is 0.611. The molecule has 68 valence electrons. The van der Waals surface area contributed by atoms with E-state index in [1.165, 1.54) is 0 Å². The highest BCUT2D eigenvalue weighted by atomic mass is 16.2. The van der Waals surface area contributed by atoms with E-state index in [9.17, 15) is 4.79 Å². The molecule has 0 aromatic rings. The number of hydrogen-bond donors (Lipinski definition) is 1. The van der Waals surface area contributed by atoms with Crippen LogP contribution in [0.2, 0.25) is 0 Å². The molecular weight excluding hydrogens is 152 g/mol. The van der Waals surface area contributed by atoms with E-state index in [1.807, 2.05) is 19.9 Å². The maximum Gasteiger partial charge on any atom is 0.249 e. The Morgan fingerprint density at radius 3 is 2.67 bits per heavy atom. The predicted octanol–water partition coefficient (Wildman–Crippen LogP) is 0.512. The lowest BCUT2D eigenvalue weighted by Crippen LogP contribution is -2.58. The van der Waals surface area contributed by atoms with Gasteiger partial charge in [-0.3, -0.25) is 4.79 Å². The summed E-state index contributed by atoms with van der Waals surface area (Å²) in [5, 5.41) is 0. The van der Waals surface area contributed by atoms with Crippen LogP contribution in [0.4, 0.5) is 0 Å². The zero-order valence-electron chi connectivity index (χ0n) is 7.71. The van der Waals surface area contributed by atoms with Crippen molar-refractivity contribution in [2.75, 3.05) is 13.1 Å². The highest BCUT2D eigenvalue weighted by Crippen LogP contribution is 2.10. The first-order valence-corrected chi connectivity index (χ1v) is 4.36.